The van der Waals surface area contributed by atoms with Crippen molar-refractivity contribution in [3.63, 3.8) is 0 Å². The molecule has 2 aromatic rings. The first-order valence-corrected chi connectivity index (χ1v) is 8.57. The third-order valence-corrected chi connectivity index (χ3v) is 4.22. The lowest BCUT2D eigenvalue weighted by molar-refractivity contribution is -0.111. The van der Waals surface area contributed by atoms with E-state index in [0.717, 1.165) is 31.7 Å². The molecule has 1 N–H and O–H groups in total. The number of nitrogens with one attached hydrogen (secondary N) is 1. The number of para-hydroxylation sites is 1. The lowest BCUT2D eigenvalue weighted by atomic mass is 10.1. The van der Waals surface area contributed by atoms with Crippen LogP contribution in [-0.4, -0.2) is 29.8 Å². The maximum Gasteiger partial charge on any atom is 0.255 e. The number of benzene rings is 1. The molecule has 5 heteroatoms. The zero-order valence-electron chi connectivity index (χ0n) is 14.3. The van der Waals surface area contributed by atoms with Gasteiger partial charge in [0.05, 0.1) is 11.3 Å². The highest BCUT2D eigenvalue weighted by molar-refractivity contribution is 6.07. The van der Waals surface area contributed by atoms with Gasteiger partial charge >= 0.3 is 0 Å². The van der Waals surface area contributed by atoms with Crippen molar-refractivity contribution in [2.24, 2.45) is 0 Å². The van der Waals surface area contributed by atoms with Gasteiger partial charge in [0.15, 0.2) is 0 Å². The first-order chi connectivity index (χ1) is 12.1. The second kappa shape index (κ2) is 7.83. The molecule has 1 aromatic heterocycles. The van der Waals surface area contributed by atoms with Crippen LogP contribution in [0.25, 0.3) is 6.08 Å². The topological polar surface area (TPSA) is 62.6 Å². The summed E-state index contributed by atoms with van der Waals surface area (Å²) in [5.41, 5.74) is 1.06. The number of furan rings is 1. The Morgan fingerprint density at radius 3 is 2.56 bits per heavy atom. The van der Waals surface area contributed by atoms with E-state index in [0.29, 0.717) is 17.0 Å². The third-order valence-electron chi connectivity index (χ3n) is 4.22. The standard InChI is InChI=1S/C20H22N2O3/c1-15-9-10-16(25-15)11-12-19(23)21-18-8-4-3-7-17(18)20(24)22-13-5-2-6-14-22/h3-4,7-12H,2,5-6,13-14H2,1H3,(H,21,23). The van der Waals surface area contributed by atoms with E-state index in [4.69, 9.17) is 4.42 Å². The number of carbonyl (C=O) groups excluding carboxylic acids is 2. The lowest BCUT2D eigenvalue weighted by Gasteiger charge is -2.27. The molecule has 1 aliphatic heterocycles. The molecular weight excluding hydrogens is 316 g/mol. The second-order valence-corrected chi connectivity index (χ2v) is 6.17. The van der Waals surface area contributed by atoms with E-state index in [1.165, 1.54) is 12.5 Å². The molecule has 1 fully saturated rings. The van der Waals surface area contributed by atoms with E-state index in [9.17, 15) is 9.59 Å². The second-order valence-electron chi connectivity index (χ2n) is 6.17. The molecule has 2 heterocycles. The van der Waals surface area contributed by atoms with Gasteiger partial charge in [-0.1, -0.05) is 12.1 Å². The van der Waals surface area contributed by atoms with Crippen LogP contribution in [0.2, 0.25) is 0 Å². The van der Waals surface area contributed by atoms with Crippen LogP contribution in [0, 0.1) is 6.92 Å². The molecule has 1 saturated heterocycles. The summed E-state index contributed by atoms with van der Waals surface area (Å²) < 4.78 is 5.40. The van der Waals surface area contributed by atoms with E-state index in [1.54, 1.807) is 24.3 Å². The number of aryl methyl sites for hydroxylation is 1. The Balaban J connectivity index is 1.70. The first kappa shape index (κ1) is 17.0. The highest BCUT2D eigenvalue weighted by atomic mass is 16.3. The van der Waals surface area contributed by atoms with Crippen LogP contribution >= 0.6 is 0 Å². The minimum atomic E-state index is -0.298. The van der Waals surface area contributed by atoms with Gasteiger partial charge in [-0.2, -0.15) is 0 Å². The summed E-state index contributed by atoms with van der Waals surface area (Å²) in [4.78, 5) is 26.8. The summed E-state index contributed by atoms with van der Waals surface area (Å²) in [5, 5.41) is 2.79. The molecule has 1 aliphatic rings. The molecule has 0 bridgehead atoms. The maximum absolute atomic E-state index is 12.7. The van der Waals surface area contributed by atoms with Gasteiger partial charge in [-0.15, -0.1) is 0 Å². The van der Waals surface area contributed by atoms with Crippen LogP contribution in [-0.2, 0) is 4.79 Å². The SMILES string of the molecule is Cc1ccc(C=CC(=O)Nc2ccccc2C(=O)N2CCCCC2)o1. The van der Waals surface area contributed by atoms with E-state index in [2.05, 4.69) is 5.32 Å². The predicted octanol–water partition coefficient (Wildman–Crippen LogP) is 3.87. The molecule has 0 unspecified atom stereocenters. The molecule has 25 heavy (non-hydrogen) atoms. The summed E-state index contributed by atoms with van der Waals surface area (Å²) in [6.07, 6.45) is 6.24. The average molecular weight is 338 g/mol. The number of nitrogens with zero attached hydrogens (tertiary/aromatic N) is 1. The summed E-state index contributed by atoms with van der Waals surface area (Å²) in [6, 6.07) is 10.8. The largest absolute Gasteiger partial charge is 0.462 e. The lowest BCUT2D eigenvalue weighted by Crippen LogP contribution is -2.36. The maximum atomic E-state index is 12.7. The Morgan fingerprint density at radius 1 is 1.08 bits per heavy atom. The van der Waals surface area contributed by atoms with Gasteiger partial charge in [-0.3, -0.25) is 9.59 Å². The summed E-state index contributed by atoms with van der Waals surface area (Å²) in [5.74, 6) is 1.08. The van der Waals surface area contributed by atoms with Gasteiger partial charge in [-0.05, 0) is 56.5 Å². The van der Waals surface area contributed by atoms with Crippen LogP contribution in [0.5, 0.6) is 0 Å². The number of likely N-dealkylation sites (tertiary alicyclic amines) is 1. The first-order valence-electron chi connectivity index (χ1n) is 8.57. The van der Waals surface area contributed by atoms with Crippen molar-refractivity contribution < 1.29 is 14.0 Å². The van der Waals surface area contributed by atoms with Crippen LogP contribution in [0.3, 0.4) is 0 Å². The van der Waals surface area contributed by atoms with Crippen molar-refractivity contribution in [2.45, 2.75) is 26.2 Å². The average Bonchev–Trinajstić information content (AvgIpc) is 3.06. The molecule has 0 radical (unpaired) electrons. The number of piperidine rings is 1. The molecular formula is C20H22N2O3. The number of hydrogen-bond acceptors (Lipinski definition) is 3. The van der Waals surface area contributed by atoms with Crippen molar-refractivity contribution in [2.75, 3.05) is 18.4 Å². The fourth-order valence-electron chi connectivity index (χ4n) is 2.92. The zero-order chi connectivity index (χ0) is 17.6. The normalized spacial score (nSPS) is 14.7. The van der Waals surface area contributed by atoms with Gasteiger partial charge < -0.3 is 14.6 Å². The van der Waals surface area contributed by atoms with Gasteiger partial charge in [-0.25, -0.2) is 0 Å². The Hall–Kier alpha value is -2.82. The van der Waals surface area contributed by atoms with Gasteiger partial charge in [0.1, 0.15) is 11.5 Å². The summed E-state index contributed by atoms with van der Waals surface area (Å²) in [7, 11) is 0. The Bertz CT molecular complexity index is 786. The minimum absolute atomic E-state index is 0.0266. The smallest absolute Gasteiger partial charge is 0.255 e. The van der Waals surface area contributed by atoms with Gasteiger partial charge in [0.2, 0.25) is 5.91 Å². The Labute approximate surface area is 147 Å². The van der Waals surface area contributed by atoms with Crippen LogP contribution < -0.4 is 5.32 Å². The Morgan fingerprint density at radius 2 is 1.84 bits per heavy atom. The fraction of sp³-hybridized carbons (Fsp3) is 0.300. The minimum Gasteiger partial charge on any atom is -0.462 e. The molecule has 3 rings (SSSR count). The molecule has 1 aromatic carbocycles. The molecule has 2 amide bonds. The number of carbonyl (C=O) groups is 2. The van der Waals surface area contributed by atoms with Gasteiger partial charge in [0, 0.05) is 19.2 Å². The van der Waals surface area contributed by atoms with Crippen molar-refractivity contribution in [3.8, 4) is 0 Å². The Kier molecular flexibility index (Phi) is 5.33. The molecule has 0 saturated carbocycles. The van der Waals surface area contributed by atoms with E-state index in [1.807, 2.05) is 30.0 Å². The molecule has 130 valence electrons. The fourth-order valence-corrected chi connectivity index (χ4v) is 2.92. The molecule has 0 atom stereocenters. The third kappa shape index (κ3) is 4.38. The van der Waals surface area contributed by atoms with Crippen LogP contribution in [0.4, 0.5) is 5.69 Å². The summed E-state index contributed by atoms with van der Waals surface area (Å²) in [6.45, 7) is 3.40. The van der Waals surface area contributed by atoms with Crippen molar-refractivity contribution >= 4 is 23.6 Å². The highest BCUT2D eigenvalue weighted by Gasteiger charge is 2.20. The predicted molar refractivity (Wildman–Crippen MR) is 97.3 cm³/mol. The van der Waals surface area contributed by atoms with E-state index < -0.39 is 0 Å². The van der Waals surface area contributed by atoms with E-state index >= 15 is 0 Å². The van der Waals surface area contributed by atoms with Crippen LogP contribution in [0.15, 0.2) is 46.9 Å². The number of rotatable bonds is 4. The van der Waals surface area contributed by atoms with Crippen molar-refractivity contribution in [1.29, 1.82) is 0 Å². The molecule has 0 spiro atoms. The van der Waals surface area contributed by atoms with E-state index in [-0.39, 0.29) is 11.8 Å². The van der Waals surface area contributed by atoms with Crippen LogP contribution in [0.1, 0.15) is 41.1 Å². The molecule has 5 nitrogen and oxygen atoms in total. The summed E-state index contributed by atoms with van der Waals surface area (Å²) >= 11 is 0. The number of anilines is 1. The monoisotopic (exact) mass is 338 g/mol. The highest BCUT2D eigenvalue weighted by Crippen LogP contribution is 2.20. The molecule has 0 aliphatic carbocycles. The number of amides is 2. The quantitative estimate of drug-likeness (QED) is 0.861. The van der Waals surface area contributed by atoms with Crippen molar-refractivity contribution in [3.05, 3.63) is 59.6 Å². The number of hydrogen-bond donors (Lipinski definition) is 1. The van der Waals surface area contributed by atoms with Gasteiger partial charge in [0.25, 0.3) is 5.91 Å². The van der Waals surface area contributed by atoms with Crippen molar-refractivity contribution in [1.82, 2.24) is 4.90 Å². The zero-order valence-corrected chi connectivity index (χ0v) is 14.3.